The molecule has 0 radical (unpaired) electrons. The van der Waals surface area contributed by atoms with Crippen LogP contribution in [0.25, 0.3) is 0 Å². The van der Waals surface area contributed by atoms with Crippen molar-refractivity contribution in [3.63, 3.8) is 0 Å². The third kappa shape index (κ3) is 2.18. The number of amidine groups is 1. The summed E-state index contributed by atoms with van der Waals surface area (Å²) >= 11 is 0. The monoisotopic (exact) mass is 287 g/mol. The molecule has 1 aromatic carbocycles. The number of benzene rings is 1. The number of hydrogen-bond donors (Lipinski definition) is 1. The summed E-state index contributed by atoms with van der Waals surface area (Å²) < 4.78 is 26.4. The third-order valence-electron chi connectivity index (χ3n) is 3.21. The molecule has 0 unspecified atom stereocenters. The van der Waals surface area contributed by atoms with E-state index in [4.69, 9.17) is 0 Å². The van der Waals surface area contributed by atoms with Crippen LogP contribution in [0.5, 0.6) is 0 Å². The molecule has 0 atom stereocenters. The van der Waals surface area contributed by atoms with Gasteiger partial charge in [0.25, 0.3) is 10.0 Å². The van der Waals surface area contributed by atoms with Crippen molar-refractivity contribution in [2.45, 2.75) is 18.4 Å². The van der Waals surface area contributed by atoms with Gasteiger partial charge in [-0.1, -0.05) is 12.1 Å². The number of nitrogens with zero attached hydrogens (tertiary/aromatic N) is 2. The largest absolute Gasteiger partial charge is 0.264 e. The van der Waals surface area contributed by atoms with E-state index in [2.05, 4.69) is 14.7 Å². The second-order valence-corrected chi connectivity index (χ2v) is 6.22. The van der Waals surface area contributed by atoms with E-state index < -0.39 is 10.0 Å². The molecule has 0 saturated carbocycles. The van der Waals surface area contributed by atoms with Gasteiger partial charge in [-0.3, -0.25) is 14.7 Å². The summed E-state index contributed by atoms with van der Waals surface area (Å²) in [5.74, 6) is 0.400. The predicted molar refractivity (Wildman–Crippen MR) is 76.0 cm³/mol. The first-order chi connectivity index (χ1) is 9.58. The van der Waals surface area contributed by atoms with Crippen LogP contribution in [0.15, 0.2) is 52.6 Å². The maximum absolute atomic E-state index is 11.9. The zero-order chi connectivity index (χ0) is 14.2. The van der Waals surface area contributed by atoms with Gasteiger partial charge in [-0.05, 0) is 36.2 Å². The van der Waals surface area contributed by atoms with Crippen molar-refractivity contribution in [1.29, 1.82) is 0 Å². The Hall–Kier alpha value is -2.21. The molecule has 0 fully saturated rings. The van der Waals surface area contributed by atoms with Crippen LogP contribution in [0.1, 0.15) is 16.7 Å². The molecule has 0 aliphatic carbocycles. The second kappa shape index (κ2) is 4.72. The molecule has 0 spiro atoms. The number of fused-ring (bicyclic) bond motifs is 1. The summed E-state index contributed by atoms with van der Waals surface area (Å²) in [7, 11) is -3.46. The summed E-state index contributed by atoms with van der Waals surface area (Å²) in [4.78, 5) is 8.70. The van der Waals surface area contributed by atoms with E-state index in [9.17, 15) is 8.42 Å². The number of hydrogen-bond acceptors (Lipinski definition) is 4. The highest BCUT2D eigenvalue weighted by Crippen LogP contribution is 2.22. The Kier molecular flexibility index (Phi) is 3.02. The lowest BCUT2D eigenvalue weighted by atomic mass is 10.1. The molecule has 5 nitrogen and oxygen atoms in total. The Labute approximate surface area is 117 Å². The minimum Gasteiger partial charge on any atom is -0.264 e. The maximum atomic E-state index is 11.9. The van der Waals surface area contributed by atoms with Crippen LogP contribution in [0, 0.1) is 6.92 Å². The topological polar surface area (TPSA) is 71.4 Å². The van der Waals surface area contributed by atoms with Crippen LogP contribution < -0.4 is 4.72 Å². The standard InChI is InChI=1S/C14H13N3O2S/c1-10-8-15-7-6-11(10)9-16-14-12-4-2-3-5-13(12)20(18,19)17-14/h2-8H,9H2,1H3,(H,16,17). The lowest BCUT2D eigenvalue weighted by Crippen LogP contribution is -2.22. The lowest BCUT2D eigenvalue weighted by molar-refractivity contribution is 0.595. The van der Waals surface area contributed by atoms with E-state index in [1.165, 1.54) is 0 Å². The summed E-state index contributed by atoms with van der Waals surface area (Å²) in [5, 5.41) is 0. The highest BCUT2D eigenvalue weighted by atomic mass is 32.2. The van der Waals surface area contributed by atoms with Gasteiger partial charge in [0.1, 0.15) is 5.84 Å². The van der Waals surface area contributed by atoms with Gasteiger partial charge in [0.05, 0.1) is 11.4 Å². The van der Waals surface area contributed by atoms with E-state index in [0.717, 1.165) is 11.1 Å². The number of aromatic nitrogens is 1. The van der Waals surface area contributed by atoms with Crippen molar-refractivity contribution in [3.8, 4) is 0 Å². The fourth-order valence-electron chi connectivity index (χ4n) is 2.10. The molecule has 20 heavy (non-hydrogen) atoms. The average molecular weight is 287 g/mol. The Bertz CT molecular complexity index is 798. The lowest BCUT2D eigenvalue weighted by Gasteiger charge is -2.02. The van der Waals surface area contributed by atoms with Gasteiger partial charge >= 0.3 is 0 Å². The average Bonchev–Trinajstić information content (AvgIpc) is 2.70. The molecule has 1 aliphatic heterocycles. The zero-order valence-electron chi connectivity index (χ0n) is 10.9. The summed E-state index contributed by atoms with van der Waals surface area (Å²) in [6.45, 7) is 2.37. The van der Waals surface area contributed by atoms with Gasteiger partial charge in [-0.2, -0.15) is 0 Å². The van der Waals surface area contributed by atoms with Crippen LogP contribution in [0.3, 0.4) is 0 Å². The number of rotatable bonds is 2. The third-order valence-corrected chi connectivity index (χ3v) is 4.60. The van der Waals surface area contributed by atoms with Crippen molar-refractivity contribution in [1.82, 2.24) is 9.71 Å². The van der Waals surface area contributed by atoms with Crippen LogP contribution in [-0.4, -0.2) is 19.2 Å². The Balaban J connectivity index is 1.97. The molecule has 2 aromatic rings. The van der Waals surface area contributed by atoms with Gasteiger partial charge in [0.15, 0.2) is 0 Å². The fraction of sp³-hybridized carbons (Fsp3) is 0.143. The molecule has 0 saturated heterocycles. The molecule has 0 amide bonds. The number of aliphatic imine (C=N–C) groups is 1. The van der Waals surface area contributed by atoms with Gasteiger partial charge < -0.3 is 0 Å². The van der Waals surface area contributed by atoms with E-state index in [-0.39, 0.29) is 4.90 Å². The highest BCUT2D eigenvalue weighted by Gasteiger charge is 2.29. The molecule has 102 valence electrons. The van der Waals surface area contributed by atoms with Crippen molar-refractivity contribution in [2.75, 3.05) is 0 Å². The highest BCUT2D eigenvalue weighted by molar-refractivity contribution is 7.90. The van der Waals surface area contributed by atoms with E-state index >= 15 is 0 Å². The van der Waals surface area contributed by atoms with Gasteiger partial charge in [-0.25, -0.2) is 8.42 Å². The van der Waals surface area contributed by atoms with E-state index in [1.54, 1.807) is 36.7 Å². The minimum atomic E-state index is -3.46. The quantitative estimate of drug-likeness (QED) is 0.912. The Morgan fingerprint density at radius 3 is 2.85 bits per heavy atom. The van der Waals surface area contributed by atoms with Crippen LogP contribution in [0.4, 0.5) is 0 Å². The van der Waals surface area contributed by atoms with E-state index in [0.29, 0.717) is 17.9 Å². The molecule has 1 N–H and O–H groups in total. The van der Waals surface area contributed by atoms with Crippen LogP contribution in [0.2, 0.25) is 0 Å². The Morgan fingerprint density at radius 2 is 2.05 bits per heavy atom. The molecule has 6 heteroatoms. The summed E-state index contributed by atoms with van der Waals surface area (Å²) in [6, 6.07) is 8.72. The SMILES string of the molecule is Cc1cnccc1CN=C1NS(=O)(=O)c2ccccc21. The predicted octanol–water partition coefficient (Wildman–Crippen LogP) is 1.63. The summed E-state index contributed by atoms with van der Waals surface area (Å²) in [6.07, 6.45) is 3.47. The van der Waals surface area contributed by atoms with Crippen molar-refractivity contribution in [3.05, 3.63) is 59.4 Å². The Morgan fingerprint density at radius 1 is 1.25 bits per heavy atom. The smallest absolute Gasteiger partial charge is 0.263 e. The molecule has 1 aliphatic rings. The van der Waals surface area contributed by atoms with E-state index in [1.807, 2.05) is 13.0 Å². The second-order valence-electron chi connectivity index (χ2n) is 4.57. The van der Waals surface area contributed by atoms with Gasteiger partial charge in [0, 0.05) is 18.0 Å². The molecular weight excluding hydrogens is 274 g/mol. The molecule has 1 aromatic heterocycles. The normalized spacial score (nSPS) is 17.8. The number of aryl methyl sites for hydroxylation is 1. The molecule has 2 heterocycles. The zero-order valence-corrected chi connectivity index (χ0v) is 11.7. The van der Waals surface area contributed by atoms with Gasteiger partial charge in [-0.15, -0.1) is 0 Å². The molecule has 3 rings (SSSR count). The van der Waals surface area contributed by atoms with Crippen molar-refractivity contribution >= 4 is 15.9 Å². The van der Waals surface area contributed by atoms with Crippen LogP contribution in [-0.2, 0) is 16.6 Å². The fourth-order valence-corrected chi connectivity index (χ4v) is 3.35. The van der Waals surface area contributed by atoms with Crippen molar-refractivity contribution < 1.29 is 8.42 Å². The van der Waals surface area contributed by atoms with Crippen molar-refractivity contribution in [2.24, 2.45) is 4.99 Å². The summed E-state index contributed by atoms with van der Waals surface area (Å²) in [5.41, 5.74) is 2.68. The first-order valence-electron chi connectivity index (χ1n) is 6.14. The van der Waals surface area contributed by atoms with Crippen LogP contribution >= 0.6 is 0 Å². The minimum absolute atomic E-state index is 0.283. The number of pyridine rings is 1. The first-order valence-corrected chi connectivity index (χ1v) is 7.62. The number of nitrogens with one attached hydrogen (secondary N) is 1. The first kappa shape index (κ1) is 12.8. The molecule has 0 bridgehead atoms. The van der Waals surface area contributed by atoms with Gasteiger partial charge in [0.2, 0.25) is 0 Å². The molecular formula is C14H13N3O2S. The number of sulfonamides is 1. The maximum Gasteiger partial charge on any atom is 0.263 e.